The van der Waals surface area contributed by atoms with Crippen LogP contribution in [0.2, 0.25) is 0 Å². The molecule has 23 heavy (non-hydrogen) atoms. The largest absolute Gasteiger partial charge is 0.416 e. The molecule has 1 heterocycles. The smallest absolute Gasteiger partial charge is 0.339 e. The van der Waals surface area contributed by atoms with Crippen LogP contribution in [-0.2, 0) is 11.0 Å². The molecule has 1 amide bonds. The second-order valence-electron chi connectivity index (χ2n) is 5.45. The Morgan fingerprint density at radius 3 is 2.83 bits per heavy atom. The molecule has 7 heteroatoms. The van der Waals surface area contributed by atoms with Crippen LogP contribution in [0.15, 0.2) is 30.3 Å². The Hall–Kier alpha value is -1.53. The molecule has 3 nitrogen and oxygen atoms in total. The molecular weight excluding hydrogens is 329 g/mol. The fraction of sp³-hybridized carbons (Fsp3) is 0.438. The Kier molecular flexibility index (Phi) is 7.09. The van der Waals surface area contributed by atoms with E-state index in [4.69, 9.17) is 0 Å². The van der Waals surface area contributed by atoms with Crippen LogP contribution in [0.1, 0.15) is 17.5 Å². The van der Waals surface area contributed by atoms with Gasteiger partial charge in [0.05, 0.1) is 5.56 Å². The third-order valence-corrected chi connectivity index (χ3v) is 3.72. The zero-order valence-electron chi connectivity index (χ0n) is 12.8. The maximum absolute atomic E-state index is 12.6. The van der Waals surface area contributed by atoms with Crippen molar-refractivity contribution >= 4 is 24.4 Å². The minimum absolute atomic E-state index is 0. The normalized spacial score (nSPS) is 18.3. The summed E-state index contributed by atoms with van der Waals surface area (Å²) in [5, 5.41) is 3.08. The highest BCUT2D eigenvalue weighted by Crippen LogP contribution is 2.29. The van der Waals surface area contributed by atoms with Gasteiger partial charge in [-0.2, -0.15) is 13.2 Å². The molecule has 1 aromatic rings. The molecule has 1 atom stereocenters. The molecule has 1 saturated heterocycles. The summed E-state index contributed by atoms with van der Waals surface area (Å²) in [6.07, 6.45) is -0.645. The van der Waals surface area contributed by atoms with Gasteiger partial charge in [0.25, 0.3) is 0 Å². The SMILES string of the molecule is CNCC1CCN(C(=O)C=Cc2cccc(C(F)(F)F)c2)C1.Cl. The number of rotatable bonds is 4. The van der Waals surface area contributed by atoms with Crippen molar-refractivity contribution < 1.29 is 18.0 Å². The van der Waals surface area contributed by atoms with Crippen molar-refractivity contribution in [2.45, 2.75) is 12.6 Å². The average molecular weight is 349 g/mol. The van der Waals surface area contributed by atoms with E-state index in [9.17, 15) is 18.0 Å². The number of halogens is 4. The molecular formula is C16H20ClF3N2O. The number of nitrogens with one attached hydrogen (secondary N) is 1. The Bertz CT molecular complexity index is 561. The average Bonchev–Trinajstić information content (AvgIpc) is 2.93. The lowest BCUT2D eigenvalue weighted by Crippen LogP contribution is -2.28. The van der Waals surface area contributed by atoms with Gasteiger partial charge in [-0.05, 0) is 49.7 Å². The first-order valence-electron chi connectivity index (χ1n) is 7.19. The summed E-state index contributed by atoms with van der Waals surface area (Å²) in [6.45, 7) is 2.24. The number of amides is 1. The molecule has 0 saturated carbocycles. The van der Waals surface area contributed by atoms with Crippen LogP contribution in [0.4, 0.5) is 13.2 Å². The van der Waals surface area contributed by atoms with Crippen LogP contribution in [0.5, 0.6) is 0 Å². The van der Waals surface area contributed by atoms with Crippen LogP contribution in [0, 0.1) is 5.92 Å². The van der Waals surface area contributed by atoms with E-state index in [1.807, 2.05) is 7.05 Å². The summed E-state index contributed by atoms with van der Waals surface area (Å²) in [5.74, 6) is 0.284. The molecule has 128 valence electrons. The van der Waals surface area contributed by atoms with Crippen molar-refractivity contribution in [2.24, 2.45) is 5.92 Å². The lowest BCUT2D eigenvalue weighted by atomic mass is 10.1. The Morgan fingerprint density at radius 2 is 2.17 bits per heavy atom. The second-order valence-corrected chi connectivity index (χ2v) is 5.45. The van der Waals surface area contributed by atoms with E-state index in [1.165, 1.54) is 18.2 Å². The summed E-state index contributed by atoms with van der Waals surface area (Å²) < 4.78 is 37.9. The highest BCUT2D eigenvalue weighted by atomic mass is 35.5. The summed E-state index contributed by atoms with van der Waals surface area (Å²) in [5.41, 5.74) is -0.341. The quantitative estimate of drug-likeness (QED) is 0.847. The zero-order chi connectivity index (χ0) is 16.2. The number of nitrogens with zero attached hydrogens (tertiary/aromatic N) is 1. The van der Waals surface area contributed by atoms with E-state index >= 15 is 0 Å². The summed E-state index contributed by atoms with van der Waals surface area (Å²) >= 11 is 0. The molecule has 1 aliphatic rings. The van der Waals surface area contributed by atoms with Gasteiger partial charge in [0.15, 0.2) is 0 Å². The molecule has 0 spiro atoms. The molecule has 0 aliphatic carbocycles. The maximum Gasteiger partial charge on any atom is 0.416 e. The van der Waals surface area contributed by atoms with Gasteiger partial charge >= 0.3 is 6.18 Å². The number of likely N-dealkylation sites (tertiary alicyclic amines) is 1. The van der Waals surface area contributed by atoms with Crippen molar-refractivity contribution in [2.75, 3.05) is 26.7 Å². The predicted octanol–water partition coefficient (Wildman–Crippen LogP) is 3.21. The van der Waals surface area contributed by atoms with Crippen molar-refractivity contribution in [3.63, 3.8) is 0 Å². The number of carbonyl (C=O) groups is 1. The number of hydrogen-bond donors (Lipinski definition) is 1. The number of alkyl halides is 3. The van der Waals surface area contributed by atoms with Gasteiger partial charge in [-0.15, -0.1) is 12.4 Å². The summed E-state index contributed by atoms with van der Waals surface area (Å²) in [7, 11) is 1.87. The van der Waals surface area contributed by atoms with Crippen molar-refractivity contribution in [1.82, 2.24) is 10.2 Å². The summed E-state index contributed by atoms with van der Waals surface area (Å²) in [4.78, 5) is 13.8. The van der Waals surface area contributed by atoms with Crippen molar-refractivity contribution in [3.8, 4) is 0 Å². The second kappa shape index (κ2) is 8.36. The van der Waals surface area contributed by atoms with Crippen LogP contribution in [-0.4, -0.2) is 37.5 Å². The molecule has 1 aliphatic heterocycles. The predicted molar refractivity (Wildman–Crippen MR) is 86.3 cm³/mol. The Labute approximate surface area is 140 Å². The lowest BCUT2D eigenvalue weighted by Gasteiger charge is -2.14. The molecule has 1 aromatic carbocycles. The van der Waals surface area contributed by atoms with Gasteiger partial charge in [-0.3, -0.25) is 4.79 Å². The van der Waals surface area contributed by atoms with Crippen molar-refractivity contribution in [3.05, 3.63) is 41.5 Å². The lowest BCUT2D eigenvalue weighted by molar-refractivity contribution is -0.137. The van der Waals surface area contributed by atoms with Crippen LogP contribution in [0.25, 0.3) is 6.08 Å². The molecule has 0 bridgehead atoms. The molecule has 0 radical (unpaired) electrons. The fourth-order valence-corrected chi connectivity index (χ4v) is 2.58. The summed E-state index contributed by atoms with van der Waals surface area (Å²) in [6, 6.07) is 4.94. The highest BCUT2D eigenvalue weighted by molar-refractivity contribution is 5.92. The third kappa shape index (κ3) is 5.55. The number of benzene rings is 1. The standard InChI is InChI=1S/C16H19F3N2O.ClH/c1-20-10-13-7-8-21(11-13)15(22)6-5-12-3-2-4-14(9-12)16(17,18)19;/h2-6,9,13,20H,7-8,10-11H2,1H3;1H. The van der Waals surface area contributed by atoms with Crippen LogP contribution < -0.4 is 5.32 Å². The molecule has 1 fully saturated rings. The first kappa shape index (κ1) is 19.5. The molecule has 1 unspecified atom stereocenters. The van der Waals surface area contributed by atoms with E-state index in [-0.39, 0.29) is 18.3 Å². The van der Waals surface area contributed by atoms with Gasteiger partial charge in [-0.1, -0.05) is 12.1 Å². The monoisotopic (exact) mass is 348 g/mol. The minimum atomic E-state index is -4.37. The molecule has 1 N–H and O–H groups in total. The van der Waals surface area contributed by atoms with E-state index in [1.54, 1.807) is 11.0 Å². The van der Waals surface area contributed by atoms with Gasteiger partial charge in [0.1, 0.15) is 0 Å². The topological polar surface area (TPSA) is 32.3 Å². The first-order chi connectivity index (χ1) is 10.4. The van der Waals surface area contributed by atoms with Gasteiger partial charge < -0.3 is 10.2 Å². The van der Waals surface area contributed by atoms with Crippen molar-refractivity contribution in [1.29, 1.82) is 0 Å². The minimum Gasteiger partial charge on any atom is -0.339 e. The first-order valence-corrected chi connectivity index (χ1v) is 7.19. The van der Waals surface area contributed by atoms with Crippen LogP contribution in [0.3, 0.4) is 0 Å². The van der Waals surface area contributed by atoms with E-state index in [0.29, 0.717) is 24.6 Å². The highest BCUT2D eigenvalue weighted by Gasteiger charge is 2.30. The van der Waals surface area contributed by atoms with E-state index in [0.717, 1.165) is 25.1 Å². The maximum atomic E-state index is 12.6. The van der Waals surface area contributed by atoms with Gasteiger partial charge in [0, 0.05) is 19.2 Å². The number of carbonyl (C=O) groups excluding carboxylic acids is 1. The number of hydrogen-bond acceptors (Lipinski definition) is 2. The van der Waals surface area contributed by atoms with E-state index < -0.39 is 11.7 Å². The van der Waals surface area contributed by atoms with E-state index in [2.05, 4.69) is 5.32 Å². The van der Waals surface area contributed by atoms with Gasteiger partial charge in [0.2, 0.25) is 5.91 Å². The third-order valence-electron chi connectivity index (χ3n) is 3.72. The van der Waals surface area contributed by atoms with Gasteiger partial charge in [-0.25, -0.2) is 0 Å². The molecule has 2 rings (SSSR count). The zero-order valence-corrected chi connectivity index (χ0v) is 13.6. The Balaban J connectivity index is 0.00000264. The van der Waals surface area contributed by atoms with Crippen LogP contribution >= 0.6 is 12.4 Å². The fourth-order valence-electron chi connectivity index (χ4n) is 2.58. The molecule has 0 aromatic heterocycles. The Morgan fingerprint density at radius 1 is 1.43 bits per heavy atom.